The summed E-state index contributed by atoms with van der Waals surface area (Å²) in [7, 11) is 0. The van der Waals surface area contributed by atoms with Gasteiger partial charge in [-0.25, -0.2) is 0 Å². The van der Waals surface area contributed by atoms with E-state index in [4.69, 9.17) is 34.4 Å². The Hall–Kier alpha value is -3.49. The van der Waals surface area contributed by atoms with E-state index in [0.717, 1.165) is 0 Å². The molecule has 2 heterocycles. The molecule has 2 rings (SSSR count). The van der Waals surface area contributed by atoms with Gasteiger partial charge in [-0.15, -0.1) is 0 Å². The van der Waals surface area contributed by atoms with E-state index >= 15 is 0 Å². The SMILES string of the molecule is NC(N)=S.Nc1nc(N)nc(N)n1.Nc1nc(N)nc(N)n1. The molecule has 16 N–H and O–H groups in total. The number of rotatable bonds is 0. The van der Waals surface area contributed by atoms with Crippen molar-refractivity contribution < 1.29 is 0 Å². The Bertz CT molecular complexity index is 474. The lowest BCUT2D eigenvalue weighted by atomic mass is 10.9. The zero-order chi connectivity index (χ0) is 17.3. The van der Waals surface area contributed by atoms with Crippen LogP contribution in [0.4, 0.5) is 35.7 Å². The summed E-state index contributed by atoms with van der Waals surface area (Å²) in [6.07, 6.45) is 0. The molecule has 0 unspecified atom stereocenters. The van der Waals surface area contributed by atoms with E-state index < -0.39 is 0 Å². The van der Waals surface area contributed by atoms with Gasteiger partial charge < -0.3 is 45.9 Å². The fourth-order valence-corrected chi connectivity index (χ4v) is 0.854. The summed E-state index contributed by atoms with van der Waals surface area (Å²) >= 11 is 4.09. The highest BCUT2D eigenvalue weighted by molar-refractivity contribution is 7.80. The number of aromatic nitrogens is 6. The van der Waals surface area contributed by atoms with Crippen molar-refractivity contribution in [2.45, 2.75) is 0 Å². The van der Waals surface area contributed by atoms with Crippen molar-refractivity contribution in [3.63, 3.8) is 0 Å². The molecule has 0 radical (unpaired) electrons. The van der Waals surface area contributed by atoms with E-state index in [2.05, 4.69) is 53.6 Å². The molecule has 14 nitrogen and oxygen atoms in total. The molecule has 0 aliphatic heterocycles. The maximum absolute atomic E-state index is 5.14. The lowest BCUT2D eigenvalue weighted by Gasteiger charge is -1.93. The van der Waals surface area contributed by atoms with Gasteiger partial charge in [-0.2, -0.15) is 29.9 Å². The summed E-state index contributed by atoms with van der Waals surface area (Å²) in [4.78, 5) is 20.9. The molecule has 0 spiro atoms. The van der Waals surface area contributed by atoms with Gasteiger partial charge in [-0.1, -0.05) is 0 Å². The first kappa shape index (κ1) is 18.5. The van der Waals surface area contributed by atoms with E-state index in [-0.39, 0.29) is 40.8 Å². The lowest BCUT2D eigenvalue weighted by Crippen LogP contribution is -2.18. The fraction of sp³-hybridized carbons (Fsp3) is 0. The Morgan fingerprint density at radius 1 is 0.500 bits per heavy atom. The van der Waals surface area contributed by atoms with Crippen LogP contribution < -0.4 is 45.9 Å². The topological polar surface area (TPSA) is 286 Å². The zero-order valence-corrected chi connectivity index (χ0v) is 12.0. The van der Waals surface area contributed by atoms with Crippen LogP contribution in [0, 0.1) is 0 Å². The van der Waals surface area contributed by atoms with Crippen LogP contribution in [-0.4, -0.2) is 35.0 Å². The number of nitrogens with zero attached hydrogens (tertiary/aromatic N) is 6. The molecule has 2 aromatic heterocycles. The van der Waals surface area contributed by atoms with Gasteiger partial charge in [0.2, 0.25) is 35.7 Å². The second-order valence-corrected chi connectivity index (χ2v) is 3.69. The van der Waals surface area contributed by atoms with Crippen LogP contribution in [-0.2, 0) is 0 Å². The Kier molecular flexibility index (Phi) is 7.27. The number of thiocarbonyl (C=S) groups is 1. The molecule has 2 aromatic rings. The van der Waals surface area contributed by atoms with Crippen LogP contribution in [0.3, 0.4) is 0 Å². The first-order chi connectivity index (χ1) is 10.1. The molecule has 0 aliphatic carbocycles. The quantitative estimate of drug-likeness (QED) is 0.217. The highest BCUT2D eigenvalue weighted by Gasteiger charge is 1.94. The first-order valence-electron chi connectivity index (χ1n) is 5.20. The van der Waals surface area contributed by atoms with Gasteiger partial charge in [-0.05, 0) is 12.2 Å². The molecule has 0 aliphatic rings. The van der Waals surface area contributed by atoms with Gasteiger partial charge in [0.05, 0.1) is 0 Å². The Balaban J connectivity index is 0.000000326. The number of anilines is 6. The zero-order valence-electron chi connectivity index (χ0n) is 11.2. The van der Waals surface area contributed by atoms with Gasteiger partial charge >= 0.3 is 0 Å². The molecule has 120 valence electrons. The van der Waals surface area contributed by atoms with Gasteiger partial charge in [0.1, 0.15) is 0 Å². The molecular weight excluding hydrogens is 312 g/mol. The van der Waals surface area contributed by atoms with Gasteiger partial charge in [0, 0.05) is 0 Å². The first-order valence-corrected chi connectivity index (χ1v) is 5.61. The van der Waals surface area contributed by atoms with Crippen molar-refractivity contribution in [3.8, 4) is 0 Å². The number of hydrogen-bond acceptors (Lipinski definition) is 13. The average Bonchev–Trinajstić information content (AvgIpc) is 2.23. The number of nitrogen functional groups attached to an aromatic ring is 6. The van der Waals surface area contributed by atoms with Gasteiger partial charge in [0.25, 0.3) is 0 Å². The average molecular weight is 328 g/mol. The van der Waals surface area contributed by atoms with Crippen LogP contribution >= 0.6 is 12.2 Å². The third kappa shape index (κ3) is 9.44. The Labute approximate surface area is 129 Å². The third-order valence-corrected chi connectivity index (χ3v) is 1.37. The molecule has 0 saturated carbocycles. The third-order valence-electron chi connectivity index (χ3n) is 1.37. The minimum absolute atomic E-state index is 0.000000000000000222. The summed E-state index contributed by atoms with van der Waals surface area (Å²) in [6.45, 7) is 0. The Morgan fingerprint density at radius 3 is 0.682 bits per heavy atom. The van der Waals surface area contributed by atoms with E-state index in [0.29, 0.717) is 0 Å². The molecule has 22 heavy (non-hydrogen) atoms. The summed E-state index contributed by atoms with van der Waals surface area (Å²) in [5, 5.41) is 0.000000000000000222. The summed E-state index contributed by atoms with van der Waals surface area (Å²) < 4.78 is 0. The minimum atomic E-state index is 0.000000000000000222. The molecule has 0 saturated heterocycles. The maximum Gasteiger partial charge on any atom is 0.226 e. The standard InChI is InChI=1S/2C3H6N6.CH4N2S/c2*4-1-7-2(5)9-3(6)8-1;2-1(3)4/h2*(H6,4,5,6,7,8,9);(H4,2,3,4). The molecular formula is C7H16N14S. The molecule has 0 fully saturated rings. The van der Waals surface area contributed by atoms with Crippen molar-refractivity contribution >= 4 is 53.0 Å². The van der Waals surface area contributed by atoms with Crippen LogP contribution in [0.25, 0.3) is 0 Å². The second kappa shape index (κ2) is 8.64. The van der Waals surface area contributed by atoms with Crippen molar-refractivity contribution in [2.24, 2.45) is 11.5 Å². The van der Waals surface area contributed by atoms with Gasteiger partial charge in [-0.3, -0.25) is 0 Å². The second-order valence-electron chi connectivity index (χ2n) is 3.22. The van der Waals surface area contributed by atoms with Crippen molar-refractivity contribution in [3.05, 3.63) is 0 Å². The normalized spacial score (nSPS) is 8.73. The Morgan fingerprint density at radius 2 is 0.591 bits per heavy atom. The predicted octanol–water partition coefficient (Wildman–Crippen LogP) is -3.57. The van der Waals surface area contributed by atoms with E-state index in [1.54, 1.807) is 0 Å². The van der Waals surface area contributed by atoms with Crippen molar-refractivity contribution in [2.75, 3.05) is 34.4 Å². The monoisotopic (exact) mass is 328 g/mol. The lowest BCUT2D eigenvalue weighted by molar-refractivity contribution is 1.09. The molecule has 0 atom stereocenters. The smallest absolute Gasteiger partial charge is 0.226 e. The van der Waals surface area contributed by atoms with Crippen molar-refractivity contribution in [1.82, 2.24) is 29.9 Å². The molecule has 0 amide bonds. The van der Waals surface area contributed by atoms with E-state index in [9.17, 15) is 0 Å². The maximum atomic E-state index is 5.14. The highest BCUT2D eigenvalue weighted by atomic mass is 32.1. The van der Waals surface area contributed by atoms with E-state index in [1.165, 1.54) is 0 Å². The minimum Gasteiger partial charge on any atom is -0.377 e. The highest BCUT2D eigenvalue weighted by Crippen LogP contribution is 1.98. The van der Waals surface area contributed by atoms with Crippen LogP contribution in [0.1, 0.15) is 0 Å². The van der Waals surface area contributed by atoms with Crippen LogP contribution in [0.5, 0.6) is 0 Å². The predicted molar refractivity (Wildman–Crippen MR) is 87.1 cm³/mol. The largest absolute Gasteiger partial charge is 0.377 e. The van der Waals surface area contributed by atoms with E-state index in [1.807, 2.05) is 0 Å². The molecule has 0 aromatic carbocycles. The van der Waals surface area contributed by atoms with Crippen LogP contribution in [0.2, 0.25) is 0 Å². The van der Waals surface area contributed by atoms with Crippen molar-refractivity contribution in [1.29, 1.82) is 0 Å². The summed E-state index contributed by atoms with van der Waals surface area (Å²) in [6, 6.07) is 0. The summed E-state index contributed by atoms with van der Waals surface area (Å²) in [5.41, 5.74) is 40.1. The fourth-order valence-electron chi connectivity index (χ4n) is 0.854. The van der Waals surface area contributed by atoms with Crippen LogP contribution in [0.15, 0.2) is 0 Å². The molecule has 15 heteroatoms. The number of hydrogen-bond donors (Lipinski definition) is 8. The summed E-state index contributed by atoms with van der Waals surface area (Å²) in [5.74, 6) is 0.250. The number of nitrogens with two attached hydrogens (primary N) is 8. The van der Waals surface area contributed by atoms with Gasteiger partial charge in [0.15, 0.2) is 5.11 Å². The molecule has 0 bridgehead atoms.